The molecule has 2 aliphatic rings. The van der Waals surface area contributed by atoms with Crippen molar-refractivity contribution in [1.29, 1.82) is 0 Å². The Morgan fingerprint density at radius 2 is 2.03 bits per heavy atom. The number of anilines is 2. The molecule has 2 aromatic carbocycles. The number of carbonyl (C=O) groups is 1. The van der Waals surface area contributed by atoms with Gasteiger partial charge in [0.25, 0.3) is 0 Å². The standard InChI is InChI=1S/C20H20FN3O3S2/c1-13-5-4-6-14(9-13)22-19(25)10-24(17-8-3-2-7-15(17)21)20-23-16-11-29(26,27)12-18(16)28-20/h2-9,16,18H,10-12H2,1H3,(H,22,25)/t16-,18-/m1/s1. The number of halogens is 1. The quantitative estimate of drug-likeness (QED) is 0.802. The molecule has 0 spiro atoms. The Kier molecular flexibility index (Phi) is 5.35. The molecular weight excluding hydrogens is 413 g/mol. The highest BCUT2D eigenvalue weighted by molar-refractivity contribution is 8.15. The van der Waals surface area contributed by atoms with Crippen LogP contribution in [0.4, 0.5) is 15.8 Å². The summed E-state index contributed by atoms with van der Waals surface area (Å²) in [6, 6.07) is 13.2. The van der Waals surface area contributed by atoms with Crippen molar-refractivity contribution in [3.8, 4) is 0 Å². The van der Waals surface area contributed by atoms with Crippen LogP contribution in [0.1, 0.15) is 5.56 Å². The number of benzene rings is 2. The zero-order valence-electron chi connectivity index (χ0n) is 15.7. The van der Waals surface area contributed by atoms with Gasteiger partial charge in [-0.25, -0.2) is 12.8 Å². The maximum absolute atomic E-state index is 14.5. The van der Waals surface area contributed by atoms with Crippen molar-refractivity contribution in [2.45, 2.75) is 18.2 Å². The lowest BCUT2D eigenvalue weighted by Gasteiger charge is -2.24. The number of para-hydroxylation sites is 1. The summed E-state index contributed by atoms with van der Waals surface area (Å²) in [7, 11) is -3.10. The third kappa shape index (κ3) is 4.45. The van der Waals surface area contributed by atoms with Crippen molar-refractivity contribution >= 4 is 44.0 Å². The lowest BCUT2D eigenvalue weighted by atomic mass is 10.2. The second-order valence-electron chi connectivity index (χ2n) is 7.17. The van der Waals surface area contributed by atoms with Crippen LogP contribution in [0.25, 0.3) is 0 Å². The largest absolute Gasteiger partial charge is 0.325 e. The lowest BCUT2D eigenvalue weighted by molar-refractivity contribution is -0.114. The van der Waals surface area contributed by atoms with Gasteiger partial charge in [0.05, 0.1) is 23.2 Å². The van der Waals surface area contributed by atoms with Crippen LogP contribution in [0.2, 0.25) is 0 Å². The van der Waals surface area contributed by atoms with E-state index in [9.17, 15) is 17.6 Å². The number of amides is 1. The molecule has 2 aromatic rings. The van der Waals surface area contributed by atoms with E-state index in [1.165, 1.54) is 22.7 Å². The molecule has 29 heavy (non-hydrogen) atoms. The van der Waals surface area contributed by atoms with E-state index < -0.39 is 15.7 Å². The molecule has 1 amide bonds. The minimum absolute atomic E-state index is 0.00519. The third-order valence-electron chi connectivity index (χ3n) is 4.78. The average molecular weight is 434 g/mol. The Hall–Kier alpha value is -2.39. The molecule has 0 aromatic heterocycles. The molecule has 6 nitrogen and oxygen atoms in total. The summed E-state index contributed by atoms with van der Waals surface area (Å²) in [5.41, 5.74) is 1.91. The van der Waals surface area contributed by atoms with Crippen molar-refractivity contribution in [3.63, 3.8) is 0 Å². The van der Waals surface area contributed by atoms with Gasteiger partial charge in [-0.3, -0.25) is 9.79 Å². The predicted molar refractivity (Wildman–Crippen MR) is 115 cm³/mol. The monoisotopic (exact) mass is 433 g/mol. The minimum Gasteiger partial charge on any atom is -0.325 e. The second kappa shape index (κ2) is 7.79. The number of amidine groups is 1. The molecule has 0 radical (unpaired) electrons. The number of hydrogen-bond acceptors (Lipinski definition) is 6. The molecule has 1 saturated heterocycles. The first-order valence-electron chi connectivity index (χ1n) is 9.14. The topological polar surface area (TPSA) is 78.8 Å². The maximum atomic E-state index is 14.5. The highest BCUT2D eigenvalue weighted by Gasteiger charge is 2.44. The highest BCUT2D eigenvalue weighted by Crippen LogP contribution is 2.37. The summed E-state index contributed by atoms with van der Waals surface area (Å²) < 4.78 is 38.2. The van der Waals surface area contributed by atoms with E-state index in [1.54, 1.807) is 24.3 Å². The van der Waals surface area contributed by atoms with E-state index in [0.717, 1.165) is 5.56 Å². The molecule has 0 saturated carbocycles. The van der Waals surface area contributed by atoms with Crippen LogP contribution in [-0.2, 0) is 14.6 Å². The molecule has 0 aliphatic carbocycles. The van der Waals surface area contributed by atoms with Crippen LogP contribution in [0.3, 0.4) is 0 Å². The summed E-state index contributed by atoms with van der Waals surface area (Å²) >= 11 is 1.30. The van der Waals surface area contributed by atoms with Crippen LogP contribution >= 0.6 is 11.8 Å². The third-order valence-corrected chi connectivity index (χ3v) is 8.03. The van der Waals surface area contributed by atoms with Crippen LogP contribution in [0.5, 0.6) is 0 Å². The molecule has 2 atom stereocenters. The molecule has 152 valence electrons. The summed E-state index contributed by atoms with van der Waals surface area (Å²) in [5, 5.41) is 3.11. The first kappa shape index (κ1) is 19.9. The number of thioether (sulfide) groups is 1. The number of sulfone groups is 1. The molecule has 4 rings (SSSR count). The lowest BCUT2D eigenvalue weighted by Crippen LogP contribution is -2.37. The number of nitrogens with zero attached hydrogens (tertiary/aromatic N) is 2. The van der Waals surface area contributed by atoms with Gasteiger partial charge in [0.2, 0.25) is 5.91 Å². The number of carbonyl (C=O) groups excluding carboxylic acids is 1. The first-order valence-corrected chi connectivity index (χ1v) is 11.8. The number of nitrogens with one attached hydrogen (secondary N) is 1. The van der Waals surface area contributed by atoms with Gasteiger partial charge in [-0.2, -0.15) is 0 Å². The van der Waals surface area contributed by atoms with Gasteiger partial charge in [-0.05, 0) is 36.8 Å². The first-order chi connectivity index (χ1) is 13.8. The van der Waals surface area contributed by atoms with Crippen LogP contribution in [-0.4, -0.2) is 48.8 Å². The molecule has 2 heterocycles. The number of aliphatic imine (C=N–C) groups is 1. The van der Waals surface area contributed by atoms with Gasteiger partial charge in [0.1, 0.15) is 12.4 Å². The van der Waals surface area contributed by atoms with Crippen molar-refractivity contribution in [1.82, 2.24) is 0 Å². The number of rotatable bonds is 4. The zero-order valence-corrected chi connectivity index (χ0v) is 17.3. The predicted octanol–water partition coefficient (Wildman–Crippen LogP) is 2.85. The Morgan fingerprint density at radius 1 is 1.24 bits per heavy atom. The molecule has 1 N–H and O–H groups in total. The van der Waals surface area contributed by atoms with Gasteiger partial charge in [-0.1, -0.05) is 36.0 Å². The fourth-order valence-corrected chi connectivity index (χ4v) is 7.24. The molecular formula is C20H20FN3O3S2. The molecule has 9 heteroatoms. The van der Waals surface area contributed by atoms with Gasteiger partial charge < -0.3 is 10.2 Å². The summed E-state index contributed by atoms with van der Waals surface area (Å²) in [4.78, 5) is 18.7. The summed E-state index contributed by atoms with van der Waals surface area (Å²) in [5.74, 6) is -0.735. The Balaban J connectivity index is 1.59. The Labute approximate surface area is 173 Å². The minimum atomic E-state index is -3.10. The molecule has 0 unspecified atom stereocenters. The number of hydrogen-bond donors (Lipinski definition) is 1. The van der Waals surface area contributed by atoms with Gasteiger partial charge >= 0.3 is 0 Å². The average Bonchev–Trinajstić information content (AvgIpc) is 3.14. The van der Waals surface area contributed by atoms with E-state index >= 15 is 0 Å². The van der Waals surface area contributed by atoms with Gasteiger partial charge in [0, 0.05) is 10.9 Å². The Bertz CT molecular complexity index is 1090. The van der Waals surface area contributed by atoms with E-state index in [0.29, 0.717) is 10.9 Å². The van der Waals surface area contributed by atoms with Crippen molar-refractivity contribution < 1.29 is 17.6 Å². The summed E-state index contributed by atoms with van der Waals surface area (Å²) in [6.45, 7) is 1.80. The van der Waals surface area contributed by atoms with Crippen LogP contribution in [0, 0.1) is 12.7 Å². The smallest absolute Gasteiger partial charge is 0.244 e. The van der Waals surface area contributed by atoms with Gasteiger partial charge in [0.15, 0.2) is 15.0 Å². The molecule has 0 bridgehead atoms. The SMILES string of the molecule is Cc1cccc(NC(=O)CN(C2=N[C@@H]3CS(=O)(=O)C[C@H]3S2)c2ccccc2F)c1. The maximum Gasteiger partial charge on any atom is 0.244 e. The van der Waals surface area contributed by atoms with Crippen molar-refractivity contribution in [2.75, 3.05) is 28.3 Å². The van der Waals surface area contributed by atoms with Crippen molar-refractivity contribution in [2.24, 2.45) is 4.99 Å². The van der Waals surface area contributed by atoms with E-state index in [1.807, 2.05) is 25.1 Å². The summed E-state index contributed by atoms with van der Waals surface area (Å²) in [6.07, 6.45) is 0. The zero-order chi connectivity index (χ0) is 20.6. The van der Waals surface area contributed by atoms with Crippen LogP contribution in [0.15, 0.2) is 53.5 Å². The molecule has 1 fully saturated rings. The Morgan fingerprint density at radius 3 is 2.76 bits per heavy atom. The molecule has 2 aliphatic heterocycles. The van der Waals surface area contributed by atoms with Crippen LogP contribution < -0.4 is 10.2 Å². The second-order valence-corrected chi connectivity index (χ2v) is 10.5. The number of fused-ring (bicyclic) bond motifs is 1. The van der Waals surface area contributed by atoms with Crippen molar-refractivity contribution in [3.05, 3.63) is 59.9 Å². The number of aryl methyl sites for hydroxylation is 1. The fourth-order valence-electron chi connectivity index (χ4n) is 3.46. The van der Waals surface area contributed by atoms with E-state index in [4.69, 9.17) is 0 Å². The van der Waals surface area contributed by atoms with E-state index in [-0.39, 0.29) is 40.9 Å². The van der Waals surface area contributed by atoms with Gasteiger partial charge in [-0.15, -0.1) is 0 Å². The normalized spacial score (nSPS) is 22.1. The van der Waals surface area contributed by atoms with E-state index in [2.05, 4.69) is 10.3 Å². The highest BCUT2D eigenvalue weighted by atomic mass is 32.2. The fraction of sp³-hybridized carbons (Fsp3) is 0.300.